The van der Waals surface area contributed by atoms with E-state index in [1.807, 2.05) is 0 Å². The molecular weight excluding hydrogens is 772 g/mol. The molecule has 0 N–H and O–H groups in total. The molecule has 0 aliphatic carbocycles. The van der Waals surface area contributed by atoms with E-state index in [9.17, 15) is 21.6 Å². The van der Waals surface area contributed by atoms with Gasteiger partial charge in [0.05, 0.1) is 19.8 Å². The van der Waals surface area contributed by atoms with E-state index in [0.29, 0.717) is 39.1 Å². The molecule has 0 saturated carbocycles. The summed E-state index contributed by atoms with van der Waals surface area (Å²) in [6, 6.07) is 18.6. The zero-order valence-electron chi connectivity index (χ0n) is 29.5. The van der Waals surface area contributed by atoms with E-state index in [2.05, 4.69) is 0 Å². The Bertz CT molecular complexity index is 1900. The molecule has 0 bridgehead atoms. The molecule has 3 heterocycles. The molecule has 3 fully saturated rings. The Morgan fingerprint density at radius 1 is 0.491 bits per heavy atom. The lowest BCUT2D eigenvalue weighted by atomic mass is 10.2. The number of hydrogen-bond acceptors (Lipinski definition) is 9. The van der Waals surface area contributed by atoms with Crippen molar-refractivity contribution in [2.45, 2.75) is 96.2 Å². The van der Waals surface area contributed by atoms with Crippen LogP contribution in [0.1, 0.15) is 57.8 Å². The number of rotatable bonds is 12. The summed E-state index contributed by atoms with van der Waals surface area (Å²) in [7, 11) is -9.68. The number of halogens is 5. The van der Waals surface area contributed by atoms with Gasteiger partial charge in [-0.1, -0.05) is 18.2 Å². The molecule has 16 heteroatoms. The second kappa shape index (κ2) is 17.1. The van der Waals surface area contributed by atoms with Gasteiger partial charge >= 0.3 is 10.1 Å². The number of benzene rings is 4. The van der Waals surface area contributed by atoms with Crippen molar-refractivity contribution in [3.05, 3.63) is 102 Å². The first kappa shape index (κ1) is 39.3. The molecule has 9 nitrogen and oxygen atoms in total. The fourth-order valence-corrected chi connectivity index (χ4v) is 11.9. The maximum absolute atomic E-state index is 15.4. The van der Waals surface area contributed by atoms with Crippen molar-refractivity contribution in [2.24, 2.45) is 0 Å². The van der Waals surface area contributed by atoms with Gasteiger partial charge in [-0.15, -0.1) is 0 Å². The summed E-state index contributed by atoms with van der Waals surface area (Å²) in [6.07, 6.45) is 4.98. The van der Waals surface area contributed by atoms with Crippen LogP contribution in [0.25, 0.3) is 0 Å². The van der Waals surface area contributed by atoms with Gasteiger partial charge < -0.3 is 28.4 Å². The Balaban J connectivity index is 1.44. The summed E-state index contributed by atoms with van der Waals surface area (Å²) in [5.74, 6) is -11.8. The molecule has 3 unspecified atom stereocenters. The molecule has 0 radical (unpaired) electrons. The van der Waals surface area contributed by atoms with E-state index in [1.165, 1.54) is 36.4 Å². The van der Waals surface area contributed by atoms with Gasteiger partial charge in [-0.3, -0.25) is 0 Å². The third-order valence-corrected chi connectivity index (χ3v) is 14.4. The molecular formula is C39H39F5O9S2. The number of hydrogen-bond donors (Lipinski definition) is 0. The molecule has 0 spiro atoms. The monoisotopic (exact) mass is 810 g/mol. The lowest BCUT2D eigenvalue weighted by Gasteiger charge is -2.40. The maximum atomic E-state index is 15.4. The zero-order chi connectivity index (χ0) is 38.6. The first-order valence-electron chi connectivity index (χ1n) is 18.0. The van der Waals surface area contributed by atoms with E-state index in [1.54, 1.807) is 36.4 Å². The Morgan fingerprint density at radius 2 is 0.836 bits per heavy atom. The van der Waals surface area contributed by atoms with Gasteiger partial charge in [0.1, 0.15) is 17.2 Å². The topological polar surface area (TPSA) is 98.8 Å². The first-order chi connectivity index (χ1) is 26.5. The fraction of sp³-hybridized carbons (Fsp3) is 0.385. The molecule has 3 aliphatic heterocycles. The largest absolute Gasteiger partial charge is 0.465 e. The second-order valence-electron chi connectivity index (χ2n) is 13.1. The summed E-state index contributed by atoms with van der Waals surface area (Å²) in [4.78, 5) is -1.80. The zero-order valence-corrected chi connectivity index (χ0v) is 31.2. The quantitative estimate of drug-likeness (QED) is 0.0787. The highest BCUT2D eigenvalue weighted by atomic mass is 32.3. The molecule has 3 aliphatic rings. The molecule has 3 saturated heterocycles. The van der Waals surface area contributed by atoms with E-state index in [0.717, 1.165) is 38.5 Å². The third-order valence-electron chi connectivity index (χ3n) is 9.24. The van der Waals surface area contributed by atoms with E-state index < -0.39 is 73.3 Å². The second-order valence-corrected chi connectivity index (χ2v) is 17.5. The summed E-state index contributed by atoms with van der Waals surface area (Å²) in [6.45, 7) is 1.41. The molecule has 55 heavy (non-hydrogen) atoms. The molecule has 4 aromatic rings. The lowest BCUT2D eigenvalue weighted by molar-refractivity contribution is -0.106. The van der Waals surface area contributed by atoms with Crippen LogP contribution in [-0.4, -0.2) is 47.1 Å². The van der Waals surface area contributed by atoms with Crippen molar-refractivity contribution in [3.8, 4) is 17.2 Å². The van der Waals surface area contributed by atoms with Crippen LogP contribution in [0.4, 0.5) is 22.0 Å². The summed E-state index contributed by atoms with van der Waals surface area (Å²) in [5.41, 5.74) is 0. The van der Waals surface area contributed by atoms with Gasteiger partial charge in [0.2, 0.25) is 5.82 Å². The van der Waals surface area contributed by atoms with E-state index in [4.69, 9.17) is 32.1 Å². The Morgan fingerprint density at radius 3 is 1.16 bits per heavy atom. The van der Waals surface area contributed by atoms with Crippen molar-refractivity contribution in [2.75, 3.05) is 19.8 Å². The molecule has 296 valence electrons. The predicted octanol–water partition coefficient (Wildman–Crippen LogP) is 9.70. The van der Waals surface area contributed by atoms with Crippen molar-refractivity contribution in [1.82, 2.24) is 0 Å². The third kappa shape index (κ3) is 8.59. The number of ether oxygens (including phenoxy) is 6. The highest BCUT2D eigenvalue weighted by molar-refractivity contribution is 8.33. The normalized spacial score (nSPS) is 22.3. The highest BCUT2D eigenvalue weighted by Gasteiger charge is 2.43. The summed E-state index contributed by atoms with van der Waals surface area (Å²) >= 11 is 0. The van der Waals surface area contributed by atoms with Gasteiger partial charge in [0, 0.05) is 33.9 Å². The molecule has 7 rings (SSSR count). The van der Waals surface area contributed by atoms with Crippen molar-refractivity contribution >= 4 is 20.4 Å². The molecule has 3 atom stereocenters. The molecule has 4 aromatic carbocycles. The van der Waals surface area contributed by atoms with Crippen molar-refractivity contribution in [3.63, 3.8) is 0 Å². The van der Waals surface area contributed by atoms with Crippen LogP contribution >= 0.6 is 10.3 Å². The SMILES string of the molecule is O=S(=O)(OS(c1cccc(OC2CCCCO2)c1)(c1cccc(OC2CCCCO2)c1)c1cccc(OC2CCCCO2)c1)c1c(F)c(F)c(F)c(F)c1F. The predicted molar refractivity (Wildman–Crippen MR) is 189 cm³/mol. The first-order valence-corrected chi connectivity index (χ1v) is 21.0. The standard InChI is InChI=1S/C39H39F5O9S2/c40-34-35(41)37(43)39(38(44)36(34)42)55(45,46)53-54(28-13-7-10-25(22-28)50-31-16-1-4-19-47-31,29-14-8-11-26(23-29)51-32-17-2-5-20-48-32)30-15-9-12-27(24-30)52-33-18-3-6-21-49-33/h7-15,22-24,31-33H,1-6,16-21H2. The Labute approximate surface area is 317 Å². The van der Waals surface area contributed by atoms with Gasteiger partial charge in [0.25, 0.3) is 0 Å². The Kier molecular flexibility index (Phi) is 12.2. The van der Waals surface area contributed by atoms with Crippen LogP contribution in [0.2, 0.25) is 0 Å². The molecule has 0 amide bonds. The van der Waals surface area contributed by atoms with Crippen LogP contribution in [0.15, 0.2) is 92.4 Å². The van der Waals surface area contributed by atoms with Crippen LogP contribution in [0.3, 0.4) is 0 Å². The average Bonchev–Trinajstić information content (AvgIpc) is 3.20. The summed E-state index contributed by atoms with van der Waals surface area (Å²) < 4.78 is 145. The lowest BCUT2D eigenvalue weighted by Crippen LogP contribution is -2.25. The van der Waals surface area contributed by atoms with E-state index in [-0.39, 0.29) is 31.9 Å². The van der Waals surface area contributed by atoms with Crippen molar-refractivity contribution < 1.29 is 62.4 Å². The highest BCUT2D eigenvalue weighted by Crippen LogP contribution is 2.71. The molecule has 0 aromatic heterocycles. The average molecular weight is 811 g/mol. The smallest absolute Gasteiger partial charge is 0.313 e. The maximum Gasteiger partial charge on any atom is 0.313 e. The van der Waals surface area contributed by atoms with Crippen molar-refractivity contribution in [1.29, 1.82) is 0 Å². The van der Waals surface area contributed by atoms with Crippen LogP contribution in [0.5, 0.6) is 17.2 Å². The summed E-state index contributed by atoms with van der Waals surface area (Å²) in [5, 5.41) is 0. The van der Waals surface area contributed by atoms with Crippen LogP contribution in [-0.2, 0) is 28.0 Å². The van der Waals surface area contributed by atoms with Gasteiger partial charge in [-0.05, 0) is 103 Å². The van der Waals surface area contributed by atoms with Crippen LogP contribution < -0.4 is 14.2 Å². The van der Waals surface area contributed by atoms with Gasteiger partial charge in [-0.2, -0.15) is 8.42 Å². The Hall–Kier alpha value is -3.93. The van der Waals surface area contributed by atoms with Gasteiger partial charge in [0.15, 0.2) is 47.0 Å². The minimum Gasteiger partial charge on any atom is -0.465 e. The fourth-order valence-electron chi connectivity index (χ4n) is 6.55. The van der Waals surface area contributed by atoms with Gasteiger partial charge in [-0.25, -0.2) is 25.6 Å². The minimum absolute atomic E-state index is 0.116. The van der Waals surface area contributed by atoms with Crippen LogP contribution in [0, 0.1) is 29.1 Å². The van der Waals surface area contributed by atoms with E-state index >= 15 is 8.78 Å². The minimum atomic E-state index is -5.86.